The first-order valence-corrected chi connectivity index (χ1v) is 17.4. The molecule has 5 rings (SSSR count). The van der Waals surface area contributed by atoms with Crippen molar-refractivity contribution in [1.82, 2.24) is 0 Å². The van der Waals surface area contributed by atoms with Crippen molar-refractivity contribution in [2.24, 2.45) is 17.3 Å². The van der Waals surface area contributed by atoms with Gasteiger partial charge in [0.15, 0.2) is 25.0 Å². The summed E-state index contributed by atoms with van der Waals surface area (Å²) >= 11 is -1.31. The molecule has 0 saturated heterocycles. The fourth-order valence-electron chi connectivity index (χ4n) is 7.10. The number of carbonyl (C=O) groups excluding carboxylic acids is 1. The number of rotatable bonds is 5. The summed E-state index contributed by atoms with van der Waals surface area (Å²) in [6.45, 7) is 11.7. The van der Waals surface area contributed by atoms with E-state index in [4.69, 9.17) is 4.43 Å². The smallest absolute Gasteiger partial charge is 0.193 e. The Hall–Kier alpha value is -1.40. The normalized spacial score (nSPS) is 31.1. The molecule has 6 atom stereocenters. The first kappa shape index (κ1) is 25.3. The van der Waals surface area contributed by atoms with Gasteiger partial charge in [-0.3, -0.25) is 4.79 Å². The maximum atomic E-state index is 14.1. The summed E-state index contributed by atoms with van der Waals surface area (Å²) in [5.74, 6) is 1.44. The molecule has 3 aliphatic carbocycles. The third kappa shape index (κ3) is 4.47. The quantitative estimate of drug-likeness (QED) is 0.358. The number of carbonyl (C=O) groups is 1. The standard InChI is InChI=1S/C30H40O3SSi/c1-29(2,3)21-12-14-23-20(17-21)11-13-25-24(23)15-16-30(19-33-35(4)5)26(25)18-27(28(30)31)34(32)22-9-7-6-8-10-22/h6-10,12,14,17,24-27,35H,11,13,15-16,18-19H2,1-5H3/t24-,25-,26+,27?,30-,34?/m1/s1. The monoisotopic (exact) mass is 508 g/mol. The number of hydrogen-bond acceptors (Lipinski definition) is 3. The van der Waals surface area contributed by atoms with Gasteiger partial charge in [-0.1, -0.05) is 57.2 Å². The molecule has 0 aromatic heterocycles. The second-order valence-electron chi connectivity index (χ2n) is 12.3. The predicted molar refractivity (Wildman–Crippen MR) is 146 cm³/mol. The van der Waals surface area contributed by atoms with E-state index in [1.54, 1.807) is 0 Å². The van der Waals surface area contributed by atoms with Gasteiger partial charge in [-0.05, 0) is 102 Å². The van der Waals surface area contributed by atoms with E-state index >= 15 is 0 Å². The van der Waals surface area contributed by atoms with Crippen molar-refractivity contribution >= 4 is 26.0 Å². The maximum Gasteiger partial charge on any atom is 0.193 e. The first-order chi connectivity index (χ1) is 16.6. The fraction of sp³-hybridized carbons (Fsp3) is 0.567. The van der Waals surface area contributed by atoms with Gasteiger partial charge in [0.1, 0.15) is 0 Å². The van der Waals surface area contributed by atoms with E-state index in [1.807, 2.05) is 30.3 Å². The summed E-state index contributed by atoms with van der Waals surface area (Å²) in [5, 5.41) is -0.414. The van der Waals surface area contributed by atoms with Crippen molar-refractivity contribution in [3.05, 3.63) is 65.2 Å². The summed E-state index contributed by atoms with van der Waals surface area (Å²) in [6, 6.07) is 16.7. The van der Waals surface area contributed by atoms with Gasteiger partial charge in [-0.2, -0.15) is 0 Å². The van der Waals surface area contributed by atoms with E-state index < -0.39 is 30.9 Å². The molecule has 0 N–H and O–H groups in total. The topological polar surface area (TPSA) is 49.4 Å². The van der Waals surface area contributed by atoms with Crippen LogP contribution in [0.15, 0.2) is 53.4 Å². The number of ketones is 1. The van der Waals surface area contributed by atoms with Crippen molar-refractivity contribution in [3.8, 4) is 0 Å². The lowest BCUT2D eigenvalue weighted by Crippen LogP contribution is -2.48. The number of Topliss-reactive ketones (excluding diaryl/α,β-unsaturated/α-hetero) is 1. The zero-order chi connectivity index (χ0) is 25.0. The summed E-state index contributed by atoms with van der Waals surface area (Å²) < 4.78 is 19.9. The van der Waals surface area contributed by atoms with E-state index in [0.29, 0.717) is 18.4 Å². The molecule has 2 aromatic carbocycles. The molecule has 3 nitrogen and oxygen atoms in total. The summed E-state index contributed by atoms with van der Waals surface area (Å²) in [5.41, 5.74) is 4.10. The summed E-state index contributed by atoms with van der Waals surface area (Å²) in [7, 11) is -1.27. The molecule has 188 valence electrons. The zero-order valence-electron chi connectivity index (χ0n) is 21.9. The number of fused-ring (bicyclic) bond motifs is 5. The maximum absolute atomic E-state index is 14.1. The van der Waals surface area contributed by atoms with Gasteiger partial charge < -0.3 is 8.98 Å². The molecule has 35 heavy (non-hydrogen) atoms. The van der Waals surface area contributed by atoms with Crippen LogP contribution in [-0.2, 0) is 32.2 Å². The Morgan fingerprint density at radius 1 is 1.11 bits per heavy atom. The minimum Gasteiger partial charge on any atom is -0.611 e. The largest absolute Gasteiger partial charge is 0.611 e. The zero-order valence-corrected chi connectivity index (χ0v) is 23.9. The summed E-state index contributed by atoms with van der Waals surface area (Å²) in [4.78, 5) is 14.9. The van der Waals surface area contributed by atoms with Crippen LogP contribution in [0.25, 0.3) is 0 Å². The van der Waals surface area contributed by atoms with E-state index in [9.17, 15) is 9.35 Å². The molecule has 0 amide bonds. The molecule has 2 unspecified atom stereocenters. The molecule has 0 aliphatic heterocycles. The van der Waals surface area contributed by atoms with Crippen molar-refractivity contribution in [3.63, 3.8) is 0 Å². The lowest BCUT2D eigenvalue weighted by molar-refractivity contribution is -0.133. The van der Waals surface area contributed by atoms with Gasteiger partial charge >= 0.3 is 0 Å². The molecule has 2 aromatic rings. The Bertz CT molecular complexity index is 1080. The van der Waals surface area contributed by atoms with Crippen LogP contribution in [0.3, 0.4) is 0 Å². The Labute approximate surface area is 216 Å². The van der Waals surface area contributed by atoms with Crippen molar-refractivity contribution in [1.29, 1.82) is 0 Å². The Balaban J connectivity index is 1.48. The molecule has 0 radical (unpaired) electrons. The van der Waals surface area contributed by atoms with Crippen molar-refractivity contribution < 1.29 is 13.8 Å². The molecule has 0 spiro atoms. The average Bonchev–Trinajstić information content (AvgIpc) is 3.14. The number of benzene rings is 2. The SMILES string of the molecule is C[SiH](C)OC[C@]12CC[C@@H]3c4ccc(C(C)(C)C)cc4CC[C@H]3[C@@H]1CC([S+]([O-])c1ccccc1)C2=O. The number of hydrogen-bond donors (Lipinski definition) is 0. The van der Waals surface area contributed by atoms with Gasteiger partial charge in [-0.25, -0.2) is 0 Å². The summed E-state index contributed by atoms with van der Waals surface area (Å²) in [6.07, 6.45) is 4.83. The highest BCUT2D eigenvalue weighted by Gasteiger charge is 2.63. The number of aryl methyl sites for hydroxylation is 1. The molecule has 0 bridgehead atoms. The Kier molecular flexibility index (Phi) is 6.84. The molecule has 2 saturated carbocycles. The van der Waals surface area contributed by atoms with Crippen LogP contribution in [0.1, 0.15) is 69.1 Å². The predicted octanol–water partition coefficient (Wildman–Crippen LogP) is 6.18. The highest BCUT2D eigenvalue weighted by molar-refractivity contribution is 7.92. The molecular weight excluding hydrogens is 468 g/mol. The fourth-order valence-corrected chi connectivity index (χ4v) is 9.29. The lowest BCUT2D eigenvalue weighted by Gasteiger charge is -2.49. The molecular formula is C30H40O3SSi. The van der Waals surface area contributed by atoms with Crippen LogP contribution in [0.4, 0.5) is 0 Å². The Morgan fingerprint density at radius 3 is 2.54 bits per heavy atom. The second-order valence-corrected chi connectivity index (χ2v) is 16.4. The third-order valence-corrected chi connectivity index (χ3v) is 11.5. The minimum absolute atomic E-state index is 0.151. The molecule has 2 fully saturated rings. The van der Waals surface area contributed by atoms with E-state index in [-0.39, 0.29) is 17.1 Å². The van der Waals surface area contributed by atoms with Crippen LogP contribution in [0.5, 0.6) is 0 Å². The lowest BCUT2D eigenvalue weighted by atomic mass is 9.55. The van der Waals surface area contributed by atoms with Crippen LogP contribution >= 0.6 is 0 Å². The average molecular weight is 509 g/mol. The molecule has 5 heteroatoms. The van der Waals surface area contributed by atoms with Crippen LogP contribution in [0.2, 0.25) is 13.1 Å². The van der Waals surface area contributed by atoms with Crippen LogP contribution < -0.4 is 0 Å². The molecule has 3 aliphatic rings. The third-order valence-electron chi connectivity index (χ3n) is 8.96. The first-order valence-electron chi connectivity index (χ1n) is 13.4. The minimum atomic E-state index is -1.31. The highest BCUT2D eigenvalue weighted by Crippen LogP contribution is 2.61. The molecule has 0 heterocycles. The van der Waals surface area contributed by atoms with Crippen LogP contribution in [0, 0.1) is 17.3 Å². The highest BCUT2D eigenvalue weighted by atomic mass is 32.2. The van der Waals surface area contributed by atoms with E-state index in [0.717, 1.165) is 37.0 Å². The van der Waals surface area contributed by atoms with Crippen LogP contribution in [-0.4, -0.2) is 31.2 Å². The van der Waals surface area contributed by atoms with E-state index in [2.05, 4.69) is 52.1 Å². The van der Waals surface area contributed by atoms with Crippen molar-refractivity contribution in [2.75, 3.05) is 6.61 Å². The van der Waals surface area contributed by atoms with E-state index in [1.165, 1.54) is 16.7 Å². The Morgan fingerprint density at radius 2 is 1.86 bits per heavy atom. The second kappa shape index (κ2) is 9.48. The van der Waals surface area contributed by atoms with Gasteiger partial charge in [0.05, 0.1) is 5.41 Å². The van der Waals surface area contributed by atoms with Gasteiger partial charge in [0.25, 0.3) is 0 Å². The van der Waals surface area contributed by atoms with Gasteiger partial charge in [0.2, 0.25) is 0 Å². The van der Waals surface area contributed by atoms with Crippen molar-refractivity contribution in [2.45, 2.75) is 87.4 Å². The van der Waals surface area contributed by atoms with Gasteiger partial charge in [-0.15, -0.1) is 0 Å². The van der Waals surface area contributed by atoms with Gasteiger partial charge in [0, 0.05) is 13.0 Å².